The van der Waals surface area contributed by atoms with Crippen molar-refractivity contribution in [2.45, 2.75) is 0 Å². The molecule has 0 aliphatic rings. The van der Waals surface area contributed by atoms with Crippen molar-refractivity contribution in [1.29, 1.82) is 0 Å². The van der Waals surface area contributed by atoms with Gasteiger partial charge in [-0.1, -0.05) is 127 Å². The van der Waals surface area contributed by atoms with Gasteiger partial charge in [0.2, 0.25) is 0 Å². The van der Waals surface area contributed by atoms with Crippen molar-refractivity contribution < 1.29 is 13.3 Å². The Kier molecular flexibility index (Phi) is 7.20. The third kappa shape index (κ3) is 5.09. The molecular formula is C54H33NO3. The van der Waals surface area contributed by atoms with Gasteiger partial charge in [-0.2, -0.15) is 0 Å². The minimum absolute atomic E-state index is 0.826. The number of hydrogen-bond donors (Lipinski definition) is 0. The van der Waals surface area contributed by atoms with E-state index in [0.717, 1.165) is 116 Å². The number of furan rings is 3. The van der Waals surface area contributed by atoms with E-state index < -0.39 is 0 Å². The van der Waals surface area contributed by atoms with E-state index >= 15 is 0 Å². The van der Waals surface area contributed by atoms with Gasteiger partial charge in [0.1, 0.15) is 33.5 Å². The monoisotopic (exact) mass is 743 g/mol. The van der Waals surface area contributed by atoms with E-state index in [1.54, 1.807) is 0 Å². The average molecular weight is 744 g/mol. The summed E-state index contributed by atoms with van der Waals surface area (Å²) in [4.78, 5) is 2.34. The molecular weight excluding hydrogens is 711 g/mol. The van der Waals surface area contributed by atoms with Crippen molar-refractivity contribution in [2.75, 3.05) is 4.90 Å². The Balaban J connectivity index is 1.15. The highest BCUT2D eigenvalue weighted by Crippen LogP contribution is 2.48. The summed E-state index contributed by atoms with van der Waals surface area (Å²) >= 11 is 0. The standard InChI is InChI=1S/C54H33NO3/c1-4-14-34(15-5-1)37-30-44(36-18-8-3-9-19-36)52-45-32-38(25-29-49(45)57-51(52)31-37)55(39-24-26-42-41-20-10-12-22-47(41)56-50(42)33-39)46-28-27-40(35-16-6-2-7-17-35)54-53(46)43-21-11-13-23-48(43)58-54/h1-33H. The van der Waals surface area contributed by atoms with Crippen LogP contribution in [0.15, 0.2) is 213 Å². The maximum absolute atomic E-state index is 6.78. The number of benzene rings is 9. The largest absolute Gasteiger partial charge is 0.456 e. The third-order valence-electron chi connectivity index (χ3n) is 11.5. The number of fused-ring (bicyclic) bond motifs is 9. The van der Waals surface area contributed by atoms with Crippen molar-refractivity contribution in [3.8, 4) is 33.4 Å². The smallest absolute Gasteiger partial charge is 0.145 e. The fourth-order valence-corrected chi connectivity index (χ4v) is 8.80. The molecule has 0 saturated carbocycles. The number of rotatable bonds is 6. The lowest BCUT2D eigenvalue weighted by atomic mass is 9.94. The van der Waals surface area contributed by atoms with Gasteiger partial charge in [-0.3, -0.25) is 0 Å². The van der Waals surface area contributed by atoms with Crippen LogP contribution in [0.4, 0.5) is 17.1 Å². The summed E-state index contributed by atoms with van der Waals surface area (Å²) in [6.45, 7) is 0. The Morgan fingerprint density at radius 1 is 0.293 bits per heavy atom. The van der Waals surface area contributed by atoms with Crippen LogP contribution in [-0.4, -0.2) is 0 Å². The molecule has 0 spiro atoms. The summed E-state index contributed by atoms with van der Waals surface area (Å²) in [7, 11) is 0. The van der Waals surface area contributed by atoms with Crippen LogP contribution in [0.3, 0.4) is 0 Å². The second-order valence-electron chi connectivity index (χ2n) is 14.8. The summed E-state index contributed by atoms with van der Waals surface area (Å²) in [6, 6.07) is 70.1. The summed E-state index contributed by atoms with van der Waals surface area (Å²) in [6.07, 6.45) is 0. The highest BCUT2D eigenvalue weighted by atomic mass is 16.3. The van der Waals surface area contributed by atoms with Crippen molar-refractivity contribution >= 4 is 82.9 Å². The third-order valence-corrected chi connectivity index (χ3v) is 11.5. The predicted molar refractivity (Wildman–Crippen MR) is 239 cm³/mol. The molecule has 0 saturated heterocycles. The Morgan fingerprint density at radius 3 is 1.62 bits per heavy atom. The van der Waals surface area contributed by atoms with E-state index in [0.29, 0.717) is 0 Å². The number of hydrogen-bond acceptors (Lipinski definition) is 4. The highest BCUT2D eigenvalue weighted by Gasteiger charge is 2.24. The number of para-hydroxylation sites is 2. The first-order chi connectivity index (χ1) is 28.7. The maximum Gasteiger partial charge on any atom is 0.145 e. The Bertz CT molecular complexity index is 3500. The van der Waals surface area contributed by atoms with Gasteiger partial charge in [0, 0.05) is 49.9 Å². The quantitative estimate of drug-likeness (QED) is 0.170. The van der Waals surface area contributed by atoms with Crippen LogP contribution in [-0.2, 0) is 0 Å². The Labute approximate surface area is 333 Å². The average Bonchev–Trinajstić information content (AvgIpc) is 3.98. The van der Waals surface area contributed by atoms with Gasteiger partial charge in [-0.25, -0.2) is 0 Å². The molecule has 0 bridgehead atoms. The highest BCUT2D eigenvalue weighted by molar-refractivity contribution is 6.19. The fourth-order valence-electron chi connectivity index (χ4n) is 8.80. The first-order valence-corrected chi connectivity index (χ1v) is 19.6. The normalized spacial score (nSPS) is 11.8. The number of anilines is 3. The van der Waals surface area contributed by atoms with Crippen molar-refractivity contribution in [1.82, 2.24) is 0 Å². The topological polar surface area (TPSA) is 42.7 Å². The molecule has 0 atom stereocenters. The van der Waals surface area contributed by atoms with Gasteiger partial charge in [-0.15, -0.1) is 0 Å². The molecule has 12 aromatic rings. The summed E-state index contributed by atoms with van der Waals surface area (Å²) in [5.74, 6) is 0. The predicted octanol–water partition coefficient (Wildman–Crippen LogP) is 15.9. The van der Waals surface area contributed by atoms with E-state index in [1.165, 1.54) is 0 Å². The van der Waals surface area contributed by atoms with Crippen LogP contribution in [0.5, 0.6) is 0 Å². The van der Waals surface area contributed by atoms with Crippen LogP contribution in [0.2, 0.25) is 0 Å². The first kappa shape index (κ1) is 32.4. The molecule has 3 aromatic heterocycles. The van der Waals surface area contributed by atoms with E-state index in [9.17, 15) is 0 Å². The molecule has 0 fully saturated rings. The van der Waals surface area contributed by atoms with Crippen LogP contribution in [0.1, 0.15) is 0 Å². The van der Waals surface area contributed by atoms with Crippen LogP contribution in [0, 0.1) is 0 Å². The first-order valence-electron chi connectivity index (χ1n) is 19.6. The zero-order valence-corrected chi connectivity index (χ0v) is 31.2. The van der Waals surface area contributed by atoms with Crippen molar-refractivity contribution in [3.05, 3.63) is 200 Å². The summed E-state index contributed by atoms with van der Waals surface area (Å²) in [5, 5.41) is 6.38. The molecule has 0 amide bonds. The Morgan fingerprint density at radius 2 is 0.862 bits per heavy atom. The van der Waals surface area contributed by atoms with E-state index in [2.05, 4.69) is 181 Å². The molecule has 0 unspecified atom stereocenters. The minimum atomic E-state index is 0.826. The van der Waals surface area contributed by atoms with Gasteiger partial charge in [-0.05, 0) is 94.5 Å². The molecule has 9 aromatic carbocycles. The summed E-state index contributed by atoms with van der Waals surface area (Å²) < 4.78 is 20.0. The molecule has 3 heterocycles. The summed E-state index contributed by atoms with van der Waals surface area (Å²) in [5.41, 5.74) is 14.6. The molecule has 0 N–H and O–H groups in total. The van der Waals surface area contributed by atoms with Crippen LogP contribution in [0.25, 0.3) is 99.2 Å². The lowest BCUT2D eigenvalue weighted by Gasteiger charge is -2.26. The molecule has 58 heavy (non-hydrogen) atoms. The van der Waals surface area contributed by atoms with Crippen LogP contribution < -0.4 is 4.90 Å². The molecule has 272 valence electrons. The van der Waals surface area contributed by atoms with E-state index in [1.807, 2.05) is 24.3 Å². The molecule has 12 rings (SSSR count). The Hall–Kier alpha value is -7.82. The zero-order chi connectivity index (χ0) is 38.2. The number of nitrogens with zero attached hydrogens (tertiary/aromatic N) is 1. The zero-order valence-electron chi connectivity index (χ0n) is 31.2. The van der Waals surface area contributed by atoms with Gasteiger partial charge in [0.05, 0.1) is 11.1 Å². The molecule has 0 aliphatic heterocycles. The molecule has 4 heteroatoms. The fraction of sp³-hybridized carbons (Fsp3) is 0. The van der Waals surface area contributed by atoms with E-state index in [4.69, 9.17) is 13.3 Å². The molecule has 0 aliphatic carbocycles. The van der Waals surface area contributed by atoms with Gasteiger partial charge in [0.25, 0.3) is 0 Å². The molecule has 0 radical (unpaired) electrons. The van der Waals surface area contributed by atoms with Crippen molar-refractivity contribution in [3.63, 3.8) is 0 Å². The second kappa shape index (κ2) is 12.9. The lowest BCUT2D eigenvalue weighted by Crippen LogP contribution is -2.10. The molecule has 4 nitrogen and oxygen atoms in total. The van der Waals surface area contributed by atoms with Gasteiger partial charge < -0.3 is 18.2 Å². The minimum Gasteiger partial charge on any atom is -0.456 e. The van der Waals surface area contributed by atoms with Crippen LogP contribution >= 0.6 is 0 Å². The second-order valence-corrected chi connectivity index (χ2v) is 14.8. The van der Waals surface area contributed by atoms with Gasteiger partial charge in [0.15, 0.2) is 0 Å². The lowest BCUT2D eigenvalue weighted by molar-refractivity contribution is 0.668. The van der Waals surface area contributed by atoms with Crippen molar-refractivity contribution in [2.24, 2.45) is 0 Å². The SMILES string of the molecule is c1ccc(-c2cc(-c3ccccc3)c3c(c2)oc2ccc(N(c4ccc5c(c4)oc4ccccc45)c4ccc(-c5ccccc5)c5oc6ccccc6c45)cc23)cc1. The van der Waals surface area contributed by atoms with Gasteiger partial charge >= 0.3 is 0 Å². The maximum atomic E-state index is 6.78. The van der Waals surface area contributed by atoms with E-state index in [-0.39, 0.29) is 0 Å².